The number of carbonyl (C=O) groups is 1. The predicted molar refractivity (Wildman–Crippen MR) is 65.6 cm³/mol. The maximum atomic E-state index is 11.1. The summed E-state index contributed by atoms with van der Waals surface area (Å²) < 4.78 is 9.87. The molecule has 0 aliphatic rings. The third kappa shape index (κ3) is 11.3. The Bertz CT molecular complexity index is 141. The van der Waals surface area contributed by atoms with Gasteiger partial charge in [0.05, 0.1) is 13.2 Å². The lowest BCUT2D eigenvalue weighted by Gasteiger charge is -2.05. The molecule has 0 aromatic carbocycles. The number of unbranched alkanes of at least 4 members (excludes halogenated alkanes) is 6. The SMILES string of the molecule is CCCCCCOC(=O)OCCCCCC. The van der Waals surface area contributed by atoms with Crippen LogP contribution in [0.3, 0.4) is 0 Å². The van der Waals surface area contributed by atoms with E-state index in [0.29, 0.717) is 13.2 Å². The van der Waals surface area contributed by atoms with E-state index in [4.69, 9.17) is 9.47 Å². The fraction of sp³-hybridized carbons (Fsp3) is 0.923. The Morgan fingerprint density at radius 1 is 0.750 bits per heavy atom. The van der Waals surface area contributed by atoms with Crippen molar-refractivity contribution in [1.82, 2.24) is 0 Å². The van der Waals surface area contributed by atoms with Gasteiger partial charge < -0.3 is 9.47 Å². The van der Waals surface area contributed by atoms with E-state index in [1.807, 2.05) is 0 Å². The molecule has 96 valence electrons. The molecular weight excluding hydrogens is 204 g/mol. The minimum absolute atomic E-state index is 0.494. The molecule has 0 aliphatic heterocycles. The number of ether oxygens (including phenoxy) is 2. The van der Waals surface area contributed by atoms with Gasteiger partial charge in [0.15, 0.2) is 0 Å². The number of hydrogen-bond acceptors (Lipinski definition) is 3. The molecule has 0 heterocycles. The Labute approximate surface area is 99.5 Å². The quantitative estimate of drug-likeness (QED) is 0.414. The Hall–Kier alpha value is -0.730. The Morgan fingerprint density at radius 3 is 1.56 bits per heavy atom. The highest BCUT2D eigenvalue weighted by molar-refractivity contribution is 5.59. The first-order valence-corrected chi connectivity index (χ1v) is 6.60. The van der Waals surface area contributed by atoms with Crippen molar-refractivity contribution in [3.63, 3.8) is 0 Å². The van der Waals surface area contributed by atoms with Crippen LogP contribution in [0.5, 0.6) is 0 Å². The molecule has 0 saturated carbocycles. The molecule has 3 heteroatoms. The van der Waals surface area contributed by atoms with Gasteiger partial charge in [-0.2, -0.15) is 0 Å². The molecule has 0 fully saturated rings. The van der Waals surface area contributed by atoms with Gasteiger partial charge in [-0.1, -0.05) is 52.4 Å². The van der Waals surface area contributed by atoms with Crippen molar-refractivity contribution >= 4 is 6.16 Å². The first-order chi connectivity index (χ1) is 7.81. The Balaban J connectivity index is 3.12. The van der Waals surface area contributed by atoms with Crippen LogP contribution in [0.15, 0.2) is 0 Å². The predicted octanol–water partition coefficient (Wildman–Crippen LogP) is 4.30. The van der Waals surface area contributed by atoms with Gasteiger partial charge in [-0.3, -0.25) is 0 Å². The number of hydrogen-bond donors (Lipinski definition) is 0. The van der Waals surface area contributed by atoms with E-state index in [0.717, 1.165) is 25.7 Å². The van der Waals surface area contributed by atoms with Crippen LogP contribution in [0.1, 0.15) is 65.2 Å². The van der Waals surface area contributed by atoms with E-state index in [2.05, 4.69) is 13.8 Å². The summed E-state index contributed by atoms with van der Waals surface area (Å²) in [6.07, 6.45) is 8.43. The van der Waals surface area contributed by atoms with Crippen molar-refractivity contribution in [2.75, 3.05) is 13.2 Å². The average molecular weight is 230 g/mol. The van der Waals surface area contributed by atoms with Crippen LogP contribution in [-0.2, 0) is 9.47 Å². The third-order valence-electron chi connectivity index (χ3n) is 2.44. The summed E-state index contributed by atoms with van der Waals surface area (Å²) in [7, 11) is 0. The largest absolute Gasteiger partial charge is 0.508 e. The van der Waals surface area contributed by atoms with Crippen molar-refractivity contribution in [1.29, 1.82) is 0 Å². The minimum atomic E-state index is -0.506. The fourth-order valence-electron chi connectivity index (χ4n) is 1.41. The molecule has 3 nitrogen and oxygen atoms in total. The Kier molecular flexibility index (Phi) is 11.8. The highest BCUT2D eigenvalue weighted by Gasteiger charge is 2.02. The van der Waals surface area contributed by atoms with Gasteiger partial charge in [0.25, 0.3) is 0 Å². The van der Waals surface area contributed by atoms with Gasteiger partial charge in [-0.05, 0) is 12.8 Å². The summed E-state index contributed by atoms with van der Waals surface area (Å²) in [5.74, 6) is 0. The topological polar surface area (TPSA) is 35.5 Å². The van der Waals surface area contributed by atoms with Crippen molar-refractivity contribution in [3.8, 4) is 0 Å². The summed E-state index contributed by atoms with van der Waals surface area (Å²) in [6, 6.07) is 0. The smallest absolute Gasteiger partial charge is 0.434 e. The first-order valence-electron chi connectivity index (χ1n) is 6.60. The molecule has 0 unspecified atom stereocenters. The molecule has 0 atom stereocenters. The lowest BCUT2D eigenvalue weighted by atomic mass is 10.2. The molecule has 0 spiro atoms. The molecule has 0 aliphatic carbocycles. The van der Waals surface area contributed by atoms with Crippen LogP contribution in [-0.4, -0.2) is 19.4 Å². The van der Waals surface area contributed by atoms with E-state index in [-0.39, 0.29) is 0 Å². The molecule has 0 bridgehead atoms. The van der Waals surface area contributed by atoms with Crippen molar-refractivity contribution in [2.45, 2.75) is 65.2 Å². The highest BCUT2D eigenvalue weighted by atomic mass is 16.7. The van der Waals surface area contributed by atoms with Crippen LogP contribution >= 0.6 is 0 Å². The molecule has 0 radical (unpaired) electrons. The number of carbonyl (C=O) groups excluding carboxylic acids is 1. The van der Waals surface area contributed by atoms with E-state index in [9.17, 15) is 4.79 Å². The van der Waals surface area contributed by atoms with Gasteiger partial charge in [-0.15, -0.1) is 0 Å². The van der Waals surface area contributed by atoms with Gasteiger partial charge >= 0.3 is 6.16 Å². The highest BCUT2D eigenvalue weighted by Crippen LogP contribution is 2.01. The fourth-order valence-corrected chi connectivity index (χ4v) is 1.41. The van der Waals surface area contributed by atoms with Crippen LogP contribution < -0.4 is 0 Å². The zero-order chi connectivity index (χ0) is 12.1. The Morgan fingerprint density at radius 2 is 1.19 bits per heavy atom. The standard InChI is InChI=1S/C13H26O3/c1-3-5-7-9-11-15-13(14)16-12-10-8-6-4-2/h3-12H2,1-2H3. The second-order valence-electron chi connectivity index (χ2n) is 4.07. The van der Waals surface area contributed by atoms with E-state index in [1.54, 1.807) is 0 Å². The lowest BCUT2D eigenvalue weighted by molar-refractivity contribution is 0.0529. The average Bonchev–Trinajstić information content (AvgIpc) is 2.28. The lowest BCUT2D eigenvalue weighted by Crippen LogP contribution is -2.09. The van der Waals surface area contributed by atoms with E-state index >= 15 is 0 Å². The molecule has 16 heavy (non-hydrogen) atoms. The summed E-state index contributed by atoms with van der Waals surface area (Å²) in [5, 5.41) is 0. The first kappa shape index (κ1) is 15.3. The van der Waals surface area contributed by atoms with Crippen molar-refractivity contribution in [2.24, 2.45) is 0 Å². The summed E-state index contributed by atoms with van der Waals surface area (Å²) in [4.78, 5) is 11.1. The van der Waals surface area contributed by atoms with Crippen molar-refractivity contribution < 1.29 is 14.3 Å². The molecule has 0 aromatic rings. The molecule has 0 aromatic heterocycles. The van der Waals surface area contributed by atoms with Crippen LogP contribution in [0.2, 0.25) is 0 Å². The van der Waals surface area contributed by atoms with Gasteiger partial charge in [0.1, 0.15) is 0 Å². The summed E-state index contributed by atoms with van der Waals surface area (Å²) in [5.41, 5.74) is 0. The summed E-state index contributed by atoms with van der Waals surface area (Å²) >= 11 is 0. The molecule has 0 amide bonds. The second kappa shape index (κ2) is 12.3. The van der Waals surface area contributed by atoms with Gasteiger partial charge in [-0.25, -0.2) is 4.79 Å². The molecular formula is C13H26O3. The minimum Gasteiger partial charge on any atom is -0.434 e. The van der Waals surface area contributed by atoms with Crippen molar-refractivity contribution in [3.05, 3.63) is 0 Å². The van der Waals surface area contributed by atoms with Crippen LogP contribution in [0.4, 0.5) is 4.79 Å². The molecule has 0 saturated heterocycles. The van der Waals surface area contributed by atoms with Gasteiger partial charge in [0, 0.05) is 0 Å². The molecule has 0 rings (SSSR count). The van der Waals surface area contributed by atoms with E-state index < -0.39 is 6.16 Å². The van der Waals surface area contributed by atoms with Gasteiger partial charge in [0.2, 0.25) is 0 Å². The maximum Gasteiger partial charge on any atom is 0.508 e. The molecule has 0 N–H and O–H groups in total. The number of rotatable bonds is 10. The third-order valence-corrected chi connectivity index (χ3v) is 2.44. The summed E-state index contributed by atoms with van der Waals surface area (Å²) in [6.45, 7) is 5.30. The van der Waals surface area contributed by atoms with E-state index in [1.165, 1.54) is 25.7 Å². The van der Waals surface area contributed by atoms with Crippen LogP contribution in [0.25, 0.3) is 0 Å². The second-order valence-corrected chi connectivity index (χ2v) is 4.07. The zero-order valence-corrected chi connectivity index (χ0v) is 10.8. The zero-order valence-electron chi connectivity index (χ0n) is 10.8. The maximum absolute atomic E-state index is 11.1. The normalized spacial score (nSPS) is 10.1. The monoisotopic (exact) mass is 230 g/mol. The van der Waals surface area contributed by atoms with Crippen LogP contribution in [0, 0.1) is 0 Å².